The van der Waals surface area contributed by atoms with Crippen LogP contribution in [0.4, 0.5) is 0 Å². The molecule has 0 fully saturated rings. The van der Waals surface area contributed by atoms with Gasteiger partial charge in [0, 0.05) is 17.0 Å². The van der Waals surface area contributed by atoms with Crippen LogP contribution in [0.25, 0.3) is 33.5 Å². The molecule has 2 heteroatoms. The Bertz CT molecular complexity index is 1020. The van der Waals surface area contributed by atoms with Crippen LogP contribution in [0.15, 0.2) is 85.2 Å². The summed E-state index contributed by atoms with van der Waals surface area (Å²) in [5, 5.41) is 15.0. The molecule has 0 amide bonds. The molecular weight excluding hydrogens is 282 g/mol. The lowest BCUT2D eigenvalue weighted by atomic mass is 10.1. The van der Waals surface area contributed by atoms with Crippen LogP contribution in [0.1, 0.15) is 5.56 Å². The molecule has 0 spiro atoms. The zero-order valence-corrected chi connectivity index (χ0v) is 12.6. The molecule has 0 saturated heterocycles. The van der Waals surface area contributed by atoms with Gasteiger partial charge in [-0.25, -0.2) is 0 Å². The molecule has 23 heavy (non-hydrogen) atoms. The summed E-state index contributed by atoms with van der Waals surface area (Å²) in [4.78, 5) is 0. The van der Waals surface area contributed by atoms with Gasteiger partial charge in [0.25, 0.3) is 0 Å². The van der Waals surface area contributed by atoms with Gasteiger partial charge in [-0.05, 0) is 28.3 Å². The SMILES string of the molecule is O/C(=C\[n+]1ccc2cc3ccccc3cc2c1)c1ccccc1. The third-order valence-corrected chi connectivity index (χ3v) is 4.01. The molecule has 0 bridgehead atoms. The lowest BCUT2D eigenvalue weighted by Crippen LogP contribution is -2.25. The highest BCUT2D eigenvalue weighted by Crippen LogP contribution is 2.21. The largest absolute Gasteiger partial charge is 0.502 e. The van der Waals surface area contributed by atoms with Gasteiger partial charge in [-0.15, -0.1) is 0 Å². The van der Waals surface area contributed by atoms with Crippen molar-refractivity contribution in [2.75, 3.05) is 0 Å². The van der Waals surface area contributed by atoms with Gasteiger partial charge in [-0.2, -0.15) is 4.57 Å². The minimum atomic E-state index is 0.246. The molecule has 0 aliphatic rings. The molecule has 0 saturated carbocycles. The summed E-state index contributed by atoms with van der Waals surface area (Å²) < 4.78 is 1.89. The molecule has 0 radical (unpaired) electrons. The standard InChI is InChI=1S/C21H15NO/c23-21(16-6-2-1-3-7-16)15-22-11-10-19-12-17-8-4-5-9-18(17)13-20(19)14-22/h1-15H/p+1/b21-15-. The van der Waals surface area contributed by atoms with Gasteiger partial charge >= 0.3 is 0 Å². The summed E-state index contributed by atoms with van der Waals surface area (Å²) in [6.45, 7) is 0. The maximum atomic E-state index is 10.3. The Kier molecular flexibility index (Phi) is 3.28. The van der Waals surface area contributed by atoms with E-state index >= 15 is 0 Å². The second kappa shape index (κ2) is 5.58. The Morgan fingerprint density at radius 1 is 0.739 bits per heavy atom. The van der Waals surface area contributed by atoms with Crippen molar-refractivity contribution in [2.24, 2.45) is 0 Å². The molecular formula is C21H16NO+. The second-order valence-corrected chi connectivity index (χ2v) is 5.60. The molecule has 0 unspecified atom stereocenters. The van der Waals surface area contributed by atoms with E-state index in [4.69, 9.17) is 0 Å². The van der Waals surface area contributed by atoms with Crippen LogP contribution < -0.4 is 4.57 Å². The maximum absolute atomic E-state index is 10.3. The number of nitrogens with zero attached hydrogens (tertiary/aromatic N) is 1. The number of rotatable bonds is 2. The summed E-state index contributed by atoms with van der Waals surface area (Å²) in [5.41, 5.74) is 0.804. The number of benzene rings is 3. The number of fused-ring (bicyclic) bond motifs is 2. The third-order valence-electron chi connectivity index (χ3n) is 4.01. The van der Waals surface area contributed by atoms with Crippen molar-refractivity contribution in [1.82, 2.24) is 0 Å². The molecule has 4 rings (SSSR count). The quantitative estimate of drug-likeness (QED) is 0.321. The number of aliphatic hydroxyl groups excluding tert-OH is 1. The maximum Gasteiger partial charge on any atom is 0.216 e. The Balaban J connectivity index is 1.81. The number of aliphatic hydroxyl groups is 1. The smallest absolute Gasteiger partial charge is 0.216 e. The van der Waals surface area contributed by atoms with Crippen LogP contribution in [0, 0.1) is 0 Å². The van der Waals surface area contributed by atoms with E-state index in [1.165, 1.54) is 16.2 Å². The number of aromatic nitrogens is 1. The molecule has 2 nitrogen and oxygen atoms in total. The molecule has 0 aliphatic carbocycles. The molecule has 0 atom stereocenters. The highest BCUT2D eigenvalue weighted by Gasteiger charge is 2.06. The fraction of sp³-hybridized carbons (Fsp3) is 0. The fourth-order valence-electron chi connectivity index (χ4n) is 2.81. The first-order valence-electron chi connectivity index (χ1n) is 7.59. The van der Waals surface area contributed by atoms with Crippen LogP contribution in [-0.4, -0.2) is 5.11 Å². The van der Waals surface area contributed by atoms with Crippen LogP contribution in [0.2, 0.25) is 0 Å². The summed E-state index contributed by atoms with van der Waals surface area (Å²) >= 11 is 0. The van der Waals surface area contributed by atoms with Crippen molar-refractivity contribution in [1.29, 1.82) is 0 Å². The van der Waals surface area contributed by atoms with Crippen molar-refractivity contribution >= 4 is 33.5 Å². The zero-order chi connectivity index (χ0) is 15.6. The van der Waals surface area contributed by atoms with E-state index in [1.54, 1.807) is 6.20 Å². The van der Waals surface area contributed by atoms with Crippen LogP contribution >= 0.6 is 0 Å². The van der Waals surface area contributed by atoms with E-state index in [2.05, 4.69) is 36.4 Å². The highest BCUT2D eigenvalue weighted by atomic mass is 16.3. The molecule has 110 valence electrons. The second-order valence-electron chi connectivity index (χ2n) is 5.60. The van der Waals surface area contributed by atoms with Crippen molar-refractivity contribution < 1.29 is 9.67 Å². The lowest BCUT2D eigenvalue weighted by molar-refractivity contribution is -0.566. The zero-order valence-electron chi connectivity index (χ0n) is 12.6. The fourth-order valence-corrected chi connectivity index (χ4v) is 2.81. The molecule has 0 aliphatic heterocycles. The normalized spacial score (nSPS) is 11.9. The molecule has 4 aromatic rings. The number of hydrogen-bond acceptors (Lipinski definition) is 1. The van der Waals surface area contributed by atoms with Gasteiger partial charge in [0.05, 0.1) is 0 Å². The first-order chi connectivity index (χ1) is 11.3. The molecule has 1 aromatic heterocycles. The summed E-state index contributed by atoms with van der Waals surface area (Å²) in [7, 11) is 0. The Morgan fingerprint density at radius 2 is 1.35 bits per heavy atom. The van der Waals surface area contributed by atoms with E-state index < -0.39 is 0 Å². The topological polar surface area (TPSA) is 24.1 Å². The molecule has 1 heterocycles. The van der Waals surface area contributed by atoms with Gasteiger partial charge in [0.15, 0.2) is 18.2 Å². The highest BCUT2D eigenvalue weighted by molar-refractivity contribution is 5.97. The minimum Gasteiger partial charge on any atom is -0.502 e. The predicted molar refractivity (Wildman–Crippen MR) is 94.9 cm³/mol. The average Bonchev–Trinajstić information content (AvgIpc) is 2.60. The van der Waals surface area contributed by atoms with Gasteiger partial charge < -0.3 is 5.11 Å². The Morgan fingerprint density at radius 3 is 2.09 bits per heavy atom. The summed E-state index contributed by atoms with van der Waals surface area (Å²) in [6, 6.07) is 24.3. The Hall–Kier alpha value is -3.13. The number of hydrogen-bond donors (Lipinski definition) is 1. The van der Waals surface area contributed by atoms with Crippen molar-refractivity contribution in [3.05, 3.63) is 90.8 Å². The average molecular weight is 298 g/mol. The summed E-state index contributed by atoms with van der Waals surface area (Å²) in [5.74, 6) is 0.246. The van der Waals surface area contributed by atoms with E-state index in [0.29, 0.717) is 0 Å². The molecule has 1 N–H and O–H groups in total. The van der Waals surface area contributed by atoms with Crippen LogP contribution in [0.3, 0.4) is 0 Å². The van der Waals surface area contributed by atoms with Crippen molar-refractivity contribution in [2.45, 2.75) is 0 Å². The monoisotopic (exact) mass is 298 g/mol. The first kappa shape index (κ1) is 13.5. The van der Waals surface area contributed by atoms with Crippen LogP contribution in [0.5, 0.6) is 0 Å². The van der Waals surface area contributed by atoms with Crippen molar-refractivity contribution in [3.63, 3.8) is 0 Å². The lowest BCUT2D eigenvalue weighted by Gasteiger charge is -2.01. The van der Waals surface area contributed by atoms with E-state index in [-0.39, 0.29) is 5.76 Å². The first-order valence-corrected chi connectivity index (χ1v) is 7.59. The van der Waals surface area contributed by atoms with E-state index in [9.17, 15) is 5.11 Å². The predicted octanol–water partition coefficient (Wildman–Crippen LogP) is 4.79. The summed E-state index contributed by atoms with van der Waals surface area (Å²) in [6.07, 6.45) is 5.71. The van der Waals surface area contributed by atoms with Crippen LogP contribution in [-0.2, 0) is 0 Å². The van der Waals surface area contributed by atoms with Crippen molar-refractivity contribution in [3.8, 4) is 0 Å². The van der Waals surface area contributed by atoms with E-state index in [1.807, 2.05) is 53.4 Å². The number of pyridine rings is 1. The van der Waals surface area contributed by atoms with Gasteiger partial charge in [0.1, 0.15) is 0 Å². The van der Waals surface area contributed by atoms with E-state index in [0.717, 1.165) is 10.9 Å². The van der Waals surface area contributed by atoms with Gasteiger partial charge in [-0.1, -0.05) is 54.6 Å². The third kappa shape index (κ3) is 2.67. The van der Waals surface area contributed by atoms with Gasteiger partial charge in [-0.3, -0.25) is 0 Å². The van der Waals surface area contributed by atoms with Gasteiger partial charge in [0.2, 0.25) is 6.20 Å². The minimum absolute atomic E-state index is 0.246. The Labute approximate surface area is 134 Å². The molecule has 3 aromatic carbocycles.